The van der Waals surface area contributed by atoms with Crippen molar-refractivity contribution < 1.29 is 19.2 Å². The number of halogens is 1. The molecule has 0 saturated carbocycles. The number of fused-ring (bicyclic) bond motifs is 1. The Morgan fingerprint density at radius 3 is 2.30 bits per heavy atom. The molecule has 2 aliphatic rings. The van der Waals surface area contributed by atoms with Crippen molar-refractivity contribution in [2.24, 2.45) is 5.92 Å². The molecule has 0 radical (unpaired) electrons. The standard InChI is InChI=1S/C35H39ClN4O4/c1-23-20-28(12-13-29(23)36)37-35(44)33(25-16-18-39(2)19-17-25)38-34(43)30-21-26-10-6-7-11-27(26)22-40(30)32(42)15-14-31(41)24-8-4-3-5-9-24/h3-13,20,25,30,33H,14-19,21-22H2,1-2H3,(H,37,44)(H,38,43)/t30-,33?/m0/s1. The minimum atomic E-state index is -0.802. The fourth-order valence-electron chi connectivity index (χ4n) is 6.10. The van der Waals surface area contributed by atoms with E-state index in [1.165, 1.54) is 0 Å². The molecule has 2 N–H and O–H groups in total. The Morgan fingerprint density at radius 2 is 1.59 bits per heavy atom. The molecule has 2 aliphatic heterocycles. The Hall–Kier alpha value is -4.01. The number of nitrogens with one attached hydrogen (secondary N) is 2. The van der Waals surface area contributed by atoms with Crippen LogP contribution in [0.5, 0.6) is 0 Å². The zero-order chi connectivity index (χ0) is 31.2. The SMILES string of the molecule is Cc1cc(NC(=O)C(NC(=O)[C@@H]2Cc3ccccc3CN2C(=O)CCC(=O)c2ccccc2)C2CCN(C)CC2)ccc1Cl. The second-order valence-corrected chi connectivity index (χ2v) is 12.3. The molecule has 0 aliphatic carbocycles. The van der Waals surface area contributed by atoms with E-state index in [1.54, 1.807) is 41.3 Å². The first kappa shape index (κ1) is 31.4. The molecule has 3 aromatic rings. The summed E-state index contributed by atoms with van der Waals surface area (Å²) in [6, 6.07) is 20.4. The van der Waals surface area contributed by atoms with Gasteiger partial charge in [0, 0.05) is 42.1 Å². The van der Waals surface area contributed by atoms with Gasteiger partial charge in [-0.2, -0.15) is 0 Å². The Morgan fingerprint density at radius 1 is 0.909 bits per heavy atom. The number of anilines is 1. The summed E-state index contributed by atoms with van der Waals surface area (Å²) in [5.74, 6) is -1.10. The minimum Gasteiger partial charge on any atom is -0.342 e. The van der Waals surface area contributed by atoms with Crippen molar-refractivity contribution in [2.75, 3.05) is 25.5 Å². The molecule has 1 fully saturated rings. The van der Waals surface area contributed by atoms with Crippen LogP contribution >= 0.6 is 11.6 Å². The molecular weight excluding hydrogens is 576 g/mol. The number of amides is 3. The fourth-order valence-corrected chi connectivity index (χ4v) is 6.22. The summed E-state index contributed by atoms with van der Waals surface area (Å²) in [5, 5.41) is 6.66. The van der Waals surface area contributed by atoms with E-state index in [4.69, 9.17) is 11.6 Å². The number of aryl methyl sites for hydroxylation is 1. The average Bonchev–Trinajstić information content (AvgIpc) is 3.04. The number of benzene rings is 3. The van der Waals surface area contributed by atoms with Crippen molar-refractivity contribution in [1.29, 1.82) is 0 Å². The monoisotopic (exact) mass is 614 g/mol. The lowest BCUT2D eigenvalue weighted by atomic mass is 9.87. The van der Waals surface area contributed by atoms with Gasteiger partial charge in [0.1, 0.15) is 12.1 Å². The van der Waals surface area contributed by atoms with Crippen LogP contribution in [0.25, 0.3) is 0 Å². The van der Waals surface area contributed by atoms with E-state index in [1.807, 2.05) is 50.4 Å². The second-order valence-electron chi connectivity index (χ2n) is 11.9. The summed E-state index contributed by atoms with van der Waals surface area (Å²) in [7, 11) is 2.05. The molecule has 9 heteroatoms. The molecule has 0 bridgehead atoms. The van der Waals surface area contributed by atoms with E-state index < -0.39 is 12.1 Å². The van der Waals surface area contributed by atoms with Crippen LogP contribution in [0, 0.1) is 12.8 Å². The molecule has 8 nitrogen and oxygen atoms in total. The molecular formula is C35H39ClN4O4. The molecule has 1 unspecified atom stereocenters. The molecule has 3 amide bonds. The van der Waals surface area contributed by atoms with E-state index in [-0.39, 0.29) is 48.8 Å². The van der Waals surface area contributed by atoms with Gasteiger partial charge in [0.05, 0.1) is 0 Å². The van der Waals surface area contributed by atoms with Crippen LogP contribution < -0.4 is 10.6 Å². The fraction of sp³-hybridized carbons (Fsp3) is 0.371. The van der Waals surface area contributed by atoms with Gasteiger partial charge in [-0.25, -0.2) is 0 Å². The van der Waals surface area contributed by atoms with Crippen LogP contribution in [0.4, 0.5) is 5.69 Å². The second kappa shape index (κ2) is 14.2. The van der Waals surface area contributed by atoms with Crippen LogP contribution in [-0.4, -0.2) is 65.5 Å². The summed E-state index contributed by atoms with van der Waals surface area (Å²) < 4.78 is 0. The number of likely N-dealkylation sites (tertiary alicyclic amines) is 1. The smallest absolute Gasteiger partial charge is 0.247 e. The number of carbonyl (C=O) groups excluding carboxylic acids is 4. The molecule has 0 spiro atoms. The van der Waals surface area contributed by atoms with Gasteiger partial charge in [-0.15, -0.1) is 0 Å². The first-order chi connectivity index (χ1) is 21.2. The highest BCUT2D eigenvalue weighted by atomic mass is 35.5. The van der Waals surface area contributed by atoms with Gasteiger partial charge < -0.3 is 20.4 Å². The molecule has 0 aromatic heterocycles. The lowest BCUT2D eigenvalue weighted by molar-refractivity contribution is -0.142. The van der Waals surface area contributed by atoms with Crippen molar-refractivity contribution in [3.8, 4) is 0 Å². The molecule has 230 valence electrons. The Bertz CT molecular complexity index is 1520. The minimum absolute atomic E-state index is 0.00549. The Labute approximate surface area is 263 Å². The molecule has 44 heavy (non-hydrogen) atoms. The number of carbonyl (C=O) groups is 4. The van der Waals surface area contributed by atoms with Gasteiger partial charge in [0.25, 0.3) is 0 Å². The number of Topliss-reactive ketones (excluding diaryl/α,β-unsaturated/α-hetero) is 1. The number of hydrogen-bond acceptors (Lipinski definition) is 5. The maximum Gasteiger partial charge on any atom is 0.247 e. The molecule has 1 saturated heterocycles. The summed E-state index contributed by atoms with van der Waals surface area (Å²) >= 11 is 6.19. The lowest BCUT2D eigenvalue weighted by Gasteiger charge is -2.38. The zero-order valence-electron chi connectivity index (χ0n) is 25.2. The van der Waals surface area contributed by atoms with Crippen LogP contribution in [0.1, 0.15) is 52.7 Å². The summed E-state index contributed by atoms with van der Waals surface area (Å²) in [6.45, 7) is 3.78. The highest BCUT2D eigenvalue weighted by molar-refractivity contribution is 6.31. The molecule has 2 heterocycles. The molecule has 2 atom stereocenters. The normalized spacial score (nSPS) is 17.8. The number of hydrogen-bond donors (Lipinski definition) is 2. The number of nitrogens with zero attached hydrogens (tertiary/aromatic N) is 2. The van der Waals surface area contributed by atoms with Crippen molar-refractivity contribution in [1.82, 2.24) is 15.1 Å². The first-order valence-electron chi connectivity index (χ1n) is 15.2. The van der Waals surface area contributed by atoms with Crippen LogP contribution in [-0.2, 0) is 27.3 Å². The maximum absolute atomic E-state index is 14.1. The lowest BCUT2D eigenvalue weighted by Crippen LogP contribution is -2.58. The van der Waals surface area contributed by atoms with Crippen molar-refractivity contribution in [2.45, 2.75) is 57.7 Å². The molecule has 5 rings (SSSR count). The van der Waals surface area contributed by atoms with Gasteiger partial charge in [0.15, 0.2) is 5.78 Å². The van der Waals surface area contributed by atoms with Gasteiger partial charge in [0.2, 0.25) is 17.7 Å². The number of piperidine rings is 1. The number of rotatable bonds is 9. The van der Waals surface area contributed by atoms with Crippen molar-refractivity contribution >= 4 is 40.8 Å². The van der Waals surface area contributed by atoms with E-state index in [0.717, 1.165) is 42.6 Å². The van der Waals surface area contributed by atoms with Crippen LogP contribution in [0.2, 0.25) is 5.02 Å². The Balaban J connectivity index is 1.35. The number of ketones is 1. The highest BCUT2D eigenvalue weighted by Crippen LogP contribution is 2.27. The highest BCUT2D eigenvalue weighted by Gasteiger charge is 2.38. The van der Waals surface area contributed by atoms with Crippen LogP contribution in [0.15, 0.2) is 72.8 Å². The maximum atomic E-state index is 14.1. The van der Waals surface area contributed by atoms with E-state index >= 15 is 0 Å². The Kier molecular flexibility index (Phi) is 10.1. The first-order valence-corrected chi connectivity index (χ1v) is 15.6. The predicted octanol–water partition coefficient (Wildman–Crippen LogP) is 5.03. The zero-order valence-corrected chi connectivity index (χ0v) is 26.0. The molecule has 3 aromatic carbocycles. The largest absolute Gasteiger partial charge is 0.342 e. The third-order valence-electron chi connectivity index (χ3n) is 8.77. The third kappa shape index (κ3) is 7.55. The van der Waals surface area contributed by atoms with E-state index in [9.17, 15) is 19.2 Å². The quantitative estimate of drug-likeness (QED) is 0.330. The van der Waals surface area contributed by atoms with Gasteiger partial charge in [-0.05, 0) is 80.7 Å². The predicted molar refractivity (Wildman–Crippen MR) is 171 cm³/mol. The summed E-state index contributed by atoms with van der Waals surface area (Å²) in [5.41, 5.74) is 3.97. The topological polar surface area (TPSA) is 98.8 Å². The van der Waals surface area contributed by atoms with Gasteiger partial charge in [-0.1, -0.05) is 66.2 Å². The van der Waals surface area contributed by atoms with Crippen molar-refractivity contribution in [3.63, 3.8) is 0 Å². The summed E-state index contributed by atoms with van der Waals surface area (Å²) in [4.78, 5) is 58.0. The van der Waals surface area contributed by atoms with Gasteiger partial charge >= 0.3 is 0 Å². The van der Waals surface area contributed by atoms with Crippen LogP contribution in [0.3, 0.4) is 0 Å². The summed E-state index contributed by atoms with van der Waals surface area (Å²) in [6.07, 6.45) is 1.89. The average molecular weight is 615 g/mol. The van der Waals surface area contributed by atoms with E-state index in [0.29, 0.717) is 22.7 Å². The van der Waals surface area contributed by atoms with Gasteiger partial charge in [-0.3, -0.25) is 19.2 Å². The van der Waals surface area contributed by atoms with E-state index in [2.05, 4.69) is 15.5 Å². The van der Waals surface area contributed by atoms with Crippen molar-refractivity contribution in [3.05, 3.63) is 100 Å². The third-order valence-corrected chi connectivity index (χ3v) is 9.20.